The largest absolute Gasteiger partial charge is 0.469 e. The summed E-state index contributed by atoms with van der Waals surface area (Å²) in [6.45, 7) is 5.79. The zero-order valence-electron chi connectivity index (χ0n) is 15.7. The molecule has 7 nitrogen and oxygen atoms in total. The average Bonchev–Trinajstić information content (AvgIpc) is 2.96. The highest BCUT2D eigenvalue weighted by Crippen LogP contribution is 2.30. The SMILES string of the molecule is COC(=O)C1CCC(O[C@@H]2C[C@@H](CO)N(C(=O)OC(C)(C)C)C2)CC1. The number of hydrogen-bond donors (Lipinski definition) is 1. The molecular formula is C18H31NO6. The van der Waals surface area contributed by atoms with Crippen LogP contribution in [0.1, 0.15) is 52.9 Å². The van der Waals surface area contributed by atoms with Gasteiger partial charge in [-0.15, -0.1) is 0 Å². The molecule has 2 aliphatic rings. The molecule has 2 rings (SSSR count). The number of amides is 1. The van der Waals surface area contributed by atoms with Crippen LogP contribution in [0, 0.1) is 5.92 Å². The third-order valence-electron chi connectivity index (χ3n) is 4.81. The number of hydrogen-bond acceptors (Lipinski definition) is 6. The van der Waals surface area contributed by atoms with Crippen molar-refractivity contribution < 1.29 is 28.9 Å². The van der Waals surface area contributed by atoms with E-state index in [9.17, 15) is 14.7 Å². The summed E-state index contributed by atoms with van der Waals surface area (Å²) in [5.41, 5.74) is -0.567. The molecule has 0 bridgehead atoms. The molecular weight excluding hydrogens is 326 g/mol. The van der Waals surface area contributed by atoms with Crippen LogP contribution < -0.4 is 0 Å². The second-order valence-corrected chi connectivity index (χ2v) is 7.96. The van der Waals surface area contributed by atoms with Crippen molar-refractivity contribution in [1.29, 1.82) is 0 Å². The van der Waals surface area contributed by atoms with Crippen molar-refractivity contribution in [2.75, 3.05) is 20.3 Å². The summed E-state index contributed by atoms with van der Waals surface area (Å²) < 4.78 is 16.4. The van der Waals surface area contributed by atoms with Crippen molar-refractivity contribution in [3.05, 3.63) is 0 Å². The second kappa shape index (κ2) is 8.36. The van der Waals surface area contributed by atoms with Crippen LogP contribution in [0.4, 0.5) is 4.79 Å². The summed E-state index contributed by atoms with van der Waals surface area (Å²) in [4.78, 5) is 25.5. The highest BCUT2D eigenvalue weighted by atomic mass is 16.6. The van der Waals surface area contributed by atoms with Gasteiger partial charge in [-0.25, -0.2) is 4.79 Å². The molecule has 144 valence electrons. The summed E-state index contributed by atoms with van der Waals surface area (Å²) in [7, 11) is 1.42. The number of rotatable bonds is 4. The third kappa shape index (κ3) is 5.57. The first-order chi connectivity index (χ1) is 11.7. The van der Waals surface area contributed by atoms with E-state index in [1.165, 1.54) is 7.11 Å². The van der Waals surface area contributed by atoms with Crippen molar-refractivity contribution in [1.82, 2.24) is 4.90 Å². The van der Waals surface area contributed by atoms with E-state index in [2.05, 4.69) is 0 Å². The van der Waals surface area contributed by atoms with Gasteiger partial charge in [0.15, 0.2) is 0 Å². The predicted molar refractivity (Wildman–Crippen MR) is 91.1 cm³/mol. The second-order valence-electron chi connectivity index (χ2n) is 7.96. The van der Waals surface area contributed by atoms with Crippen LogP contribution in [0.25, 0.3) is 0 Å². The van der Waals surface area contributed by atoms with Gasteiger partial charge in [0, 0.05) is 0 Å². The van der Waals surface area contributed by atoms with Crippen LogP contribution in [0.5, 0.6) is 0 Å². The fraction of sp³-hybridized carbons (Fsp3) is 0.889. The van der Waals surface area contributed by atoms with E-state index in [1.54, 1.807) is 4.90 Å². The minimum absolute atomic E-state index is 0.0307. The van der Waals surface area contributed by atoms with Gasteiger partial charge in [0.1, 0.15) is 5.60 Å². The minimum atomic E-state index is -0.567. The Kier molecular flexibility index (Phi) is 6.68. The molecule has 0 aromatic rings. The van der Waals surface area contributed by atoms with Crippen molar-refractivity contribution in [2.24, 2.45) is 5.92 Å². The minimum Gasteiger partial charge on any atom is -0.469 e. The number of carbonyl (C=O) groups is 2. The topological polar surface area (TPSA) is 85.3 Å². The zero-order chi connectivity index (χ0) is 18.6. The lowest BCUT2D eigenvalue weighted by molar-refractivity contribution is -0.147. The Morgan fingerprint density at radius 3 is 2.28 bits per heavy atom. The van der Waals surface area contributed by atoms with E-state index in [1.807, 2.05) is 20.8 Å². The van der Waals surface area contributed by atoms with E-state index in [4.69, 9.17) is 14.2 Å². The summed E-state index contributed by atoms with van der Waals surface area (Å²) in [6, 6.07) is -0.272. The molecule has 1 saturated carbocycles. The van der Waals surface area contributed by atoms with Crippen LogP contribution in [0.3, 0.4) is 0 Å². The lowest BCUT2D eigenvalue weighted by Gasteiger charge is -2.29. The highest BCUT2D eigenvalue weighted by molar-refractivity contribution is 5.72. The smallest absolute Gasteiger partial charge is 0.410 e. The molecule has 1 amide bonds. The fourth-order valence-corrected chi connectivity index (χ4v) is 3.56. The lowest BCUT2D eigenvalue weighted by Crippen LogP contribution is -2.41. The van der Waals surface area contributed by atoms with Gasteiger partial charge in [-0.2, -0.15) is 0 Å². The molecule has 25 heavy (non-hydrogen) atoms. The molecule has 7 heteroatoms. The predicted octanol–water partition coefficient (Wildman–Crippen LogP) is 2.11. The third-order valence-corrected chi connectivity index (χ3v) is 4.81. The standard InChI is InChI=1S/C18H31NO6/c1-18(2,3)25-17(22)19-10-15(9-13(19)11-20)24-14-7-5-12(6-8-14)16(21)23-4/h12-15,20H,5-11H2,1-4H3/t12?,13-,14?,15+/m0/s1. The number of likely N-dealkylation sites (tertiary alicyclic amines) is 1. The first kappa shape index (κ1) is 20.0. The summed E-state index contributed by atoms with van der Waals surface area (Å²) in [6.07, 6.45) is 3.33. The van der Waals surface area contributed by atoms with Gasteiger partial charge in [0.2, 0.25) is 0 Å². The average molecular weight is 357 g/mol. The number of ether oxygens (including phenoxy) is 3. The molecule has 1 aliphatic heterocycles. The Morgan fingerprint density at radius 1 is 1.12 bits per heavy atom. The number of aliphatic hydroxyl groups is 1. The normalized spacial score (nSPS) is 30.2. The highest BCUT2D eigenvalue weighted by Gasteiger charge is 2.39. The Hall–Kier alpha value is -1.34. The van der Waals surface area contributed by atoms with Crippen molar-refractivity contribution in [3.8, 4) is 0 Å². The fourth-order valence-electron chi connectivity index (χ4n) is 3.56. The van der Waals surface area contributed by atoms with E-state index in [-0.39, 0.29) is 36.7 Å². The lowest BCUT2D eigenvalue weighted by atomic mass is 9.87. The Labute approximate surface area is 149 Å². The van der Waals surface area contributed by atoms with Gasteiger partial charge in [-0.3, -0.25) is 4.79 Å². The molecule has 0 unspecified atom stereocenters. The van der Waals surface area contributed by atoms with E-state index in [0.717, 1.165) is 25.7 Å². The van der Waals surface area contributed by atoms with Gasteiger partial charge in [-0.05, 0) is 52.9 Å². The summed E-state index contributed by atoms with van der Waals surface area (Å²) in [5.74, 6) is -0.173. The molecule has 0 aromatic heterocycles. The number of methoxy groups -OCH3 is 1. The maximum absolute atomic E-state index is 12.3. The summed E-state index contributed by atoms with van der Waals surface area (Å²) in [5, 5.41) is 9.57. The molecule has 0 radical (unpaired) electrons. The van der Waals surface area contributed by atoms with Gasteiger partial charge in [0.25, 0.3) is 0 Å². The monoisotopic (exact) mass is 357 g/mol. The number of nitrogens with zero attached hydrogens (tertiary/aromatic N) is 1. The molecule has 2 atom stereocenters. The van der Waals surface area contributed by atoms with Crippen molar-refractivity contribution >= 4 is 12.1 Å². The molecule has 1 saturated heterocycles. The molecule has 0 aromatic carbocycles. The first-order valence-electron chi connectivity index (χ1n) is 9.07. The molecule has 1 aliphatic carbocycles. The molecule has 2 fully saturated rings. The Balaban J connectivity index is 1.84. The van der Waals surface area contributed by atoms with E-state index >= 15 is 0 Å². The summed E-state index contributed by atoms with van der Waals surface area (Å²) >= 11 is 0. The van der Waals surface area contributed by atoms with Gasteiger partial charge in [-0.1, -0.05) is 0 Å². The van der Waals surface area contributed by atoms with E-state index in [0.29, 0.717) is 13.0 Å². The number of aliphatic hydroxyl groups excluding tert-OH is 1. The maximum Gasteiger partial charge on any atom is 0.410 e. The van der Waals surface area contributed by atoms with Crippen LogP contribution in [-0.4, -0.2) is 66.2 Å². The molecule has 0 spiro atoms. The molecule has 1 N–H and O–H groups in total. The van der Waals surface area contributed by atoms with Gasteiger partial charge in [0.05, 0.1) is 44.4 Å². The Bertz CT molecular complexity index is 467. The maximum atomic E-state index is 12.3. The van der Waals surface area contributed by atoms with Gasteiger partial charge < -0.3 is 24.2 Å². The van der Waals surface area contributed by atoms with E-state index < -0.39 is 11.7 Å². The number of esters is 1. The number of carbonyl (C=O) groups excluding carboxylic acids is 2. The van der Waals surface area contributed by atoms with Crippen LogP contribution in [0.2, 0.25) is 0 Å². The zero-order valence-corrected chi connectivity index (χ0v) is 15.7. The quantitative estimate of drug-likeness (QED) is 0.776. The molecule has 1 heterocycles. The van der Waals surface area contributed by atoms with Crippen molar-refractivity contribution in [2.45, 2.75) is 76.7 Å². The van der Waals surface area contributed by atoms with Crippen LogP contribution in [-0.2, 0) is 19.0 Å². The van der Waals surface area contributed by atoms with Crippen LogP contribution >= 0.6 is 0 Å². The van der Waals surface area contributed by atoms with Gasteiger partial charge >= 0.3 is 12.1 Å². The van der Waals surface area contributed by atoms with Crippen LogP contribution in [0.15, 0.2) is 0 Å². The van der Waals surface area contributed by atoms with Crippen molar-refractivity contribution in [3.63, 3.8) is 0 Å². The first-order valence-corrected chi connectivity index (χ1v) is 9.07. The Morgan fingerprint density at radius 2 is 1.76 bits per heavy atom.